The zero-order chi connectivity index (χ0) is 14.9. The average Bonchev–Trinajstić information content (AvgIpc) is 2.38. The van der Waals surface area contributed by atoms with Gasteiger partial charge < -0.3 is 5.73 Å². The van der Waals surface area contributed by atoms with Crippen LogP contribution in [0.4, 0.5) is 0 Å². The molecule has 1 fully saturated rings. The van der Waals surface area contributed by atoms with Crippen molar-refractivity contribution in [3.05, 3.63) is 28.2 Å². The first-order valence-corrected chi connectivity index (χ1v) is 8.27. The lowest BCUT2D eigenvalue weighted by atomic mass is 9.99. The molecule has 0 aromatic heterocycles. The Balaban J connectivity index is 2.38. The third-order valence-corrected chi connectivity index (χ3v) is 6.12. The monoisotopic (exact) mass is 336 g/mol. The van der Waals surface area contributed by atoms with Crippen molar-refractivity contribution in [2.24, 2.45) is 11.7 Å². The van der Waals surface area contributed by atoms with Crippen LogP contribution in [0.5, 0.6) is 0 Å². The summed E-state index contributed by atoms with van der Waals surface area (Å²) in [4.78, 5) is 11.1. The van der Waals surface area contributed by atoms with E-state index >= 15 is 0 Å². The third-order valence-electron chi connectivity index (χ3n) is 3.30. The lowest BCUT2D eigenvalue weighted by molar-refractivity contribution is -0.122. The van der Waals surface area contributed by atoms with Crippen LogP contribution in [-0.2, 0) is 14.8 Å². The van der Waals surface area contributed by atoms with Gasteiger partial charge in [-0.3, -0.25) is 4.79 Å². The molecule has 0 aliphatic carbocycles. The van der Waals surface area contributed by atoms with E-state index in [4.69, 9.17) is 28.9 Å². The summed E-state index contributed by atoms with van der Waals surface area (Å²) in [5.41, 5.74) is 5.26. The first-order valence-electron chi connectivity index (χ1n) is 6.07. The molecule has 110 valence electrons. The van der Waals surface area contributed by atoms with E-state index < -0.39 is 21.8 Å². The summed E-state index contributed by atoms with van der Waals surface area (Å²) in [6, 6.07) is 4.51. The number of benzene rings is 1. The highest BCUT2D eigenvalue weighted by atomic mass is 35.5. The summed E-state index contributed by atoms with van der Waals surface area (Å²) in [7, 11) is -3.83. The number of rotatable bonds is 3. The molecule has 1 saturated heterocycles. The van der Waals surface area contributed by atoms with Gasteiger partial charge in [0.15, 0.2) is 0 Å². The molecule has 20 heavy (non-hydrogen) atoms. The van der Waals surface area contributed by atoms with Gasteiger partial charge in [0.1, 0.15) is 4.90 Å². The summed E-state index contributed by atoms with van der Waals surface area (Å²) in [6.07, 6.45) is 1.17. The van der Waals surface area contributed by atoms with Crippen LogP contribution in [0.1, 0.15) is 12.8 Å². The van der Waals surface area contributed by atoms with Gasteiger partial charge in [-0.15, -0.1) is 0 Å². The normalized spacial score (nSPS) is 20.8. The zero-order valence-corrected chi connectivity index (χ0v) is 12.9. The number of hydrogen-bond donors (Lipinski definition) is 1. The highest BCUT2D eigenvalue weighted by molar-refractivity contribution is 7.89. The number of carbonyl (C=O) groups excluding carboxylic acids is 1. The van der Waals surface area contributed by atoms with Gasteiger partial charge in [0.2, 0.25) is 15.9 Å². The molecule has 1 amide bonds. The number of sulfonamides is 1. The Bertz CT molecular complexity index is 613. The van der Waals surface area contributed by atoms with Gasteiger partial charge in [-0.05, 0) is 25.0 Å². The Kier molecular flexibility index (Phi) is 4.59. The molecule has 0 bridgehead atoms. The summed E-state index contributed by atoms with van der Waals surface area (Å²) in [5, 5.41) is 0.136. The van der Waals surface area contributed by atoms with Crippen LogP contribution >= 0.6 is 23.2 Å². The molecule has 0 radical (unpaired) electrons. The summed E-state index contributed by atoms with van der Waals surface area (Å²) >= 11 is 11.9. The Hall–Kier alpha value is -0.820. The van der Waals surface area contributed by atoms with Crippen molar-refractivity contribution in [2.75, 3.05) is 13.1 Å². The number of halogens is 2. The van der Waals surface area contributed by atoms with Crippen molar-refractivity contribution in [3.63, 3.8) is 0 Å². The Labute approximate surface area is 127 Å². The van der Waals surface area contributed by atoms with Crippen molar-refractivity contribution in [2.45, 2.75) is 17.7 Å². The van der Waals surface area contributed by atoms with Crippen molar-refractivity contribution in [1.82, 2.24) is 4.31 Å². The second kappa shape index (κ2) is 5.89. The van der Waals surface area contributed by atoms with Crippen LogP contribution in [0.2, 0.25) is 10.0 Å². The average molecular weight is 337 g/mol. The molecule has 0 saturated carbocycles. The predicted molar refractivity (Wildman–Crippen MR) is 77.1 cm³/mol. The van der Waals surface area contributed by atoms with Gasteiger partial charge >= 0.3 is 0 Å². The molecular formula is C12H14Cl2N2O3S. The predicted octanol–water partition coefficient (Wildman–Crippen LogP) is 1.88. The Morgan fingerprint density at radius 1 is 1.30 bits per heavy atom. The first-order chi connectivity index (χ1) is 9.34. The maximum Gasteiger partial charge on any atom is 0.246 e. The Morgan fingerprint density at radius 3 is 2.45 bits per heavy atom. The van der Waals surface area contributed by atoms with E-state index in [-0.39, 0.29) is 21.5 Å². The number of nitrogens with two attached hydrogens (primary N) is 1. The van der Waals surface area contributed by atoms with Crippen molar-refractivity contribution in [1.29, 1.82) is 0 Å². The molecule has 2 N–H and O–H groups in total. The first kappa shape index (κ1) is 15.6. The molecule has 1 aliphatic heterocycles. The second-order valence-corrected chi connectivity index (χ2v) is 7.34. The van der Waals surface area contributed by atoms with Crippen LogP contribution in [0, 0.1) is 5.92 Å². The minimum absolute atomic E-state index is 0.0682. The van der Waals surface area contributed by atoms with Crippen molar-refractivity contribution in [3.8, 4) is 0 Å². The molecule has 1 aliphatic rings. The fourth-order valence-electron chi connectivity index (χ4n) is 2.25. The maximum absolute atomic E-state index is 12.6. The van der Waals surface area contributed by atoms with Gasteiger partial charge in [0.05, 0.1) is 16.0 Å². The second-order valence-electron chi connectivity index (χ2n) is 4.66. The molecule has 1 aromatic carbocycles. The van der Waals surface area contributed by atoms with E-state index in [2.05, 4.69) is 0 Å². The topological polar surface area (TPSA) is 80.5 Å². The lowest BCUT2D eigenvalue weighted by Crippen LogP contribution is -2.44. The zero-order valence-electron chi connectivity index (χ0n) is 10.6. The van der Waals surface area contributed by atoms with Crippen LogP contribution in [0.3, 0.4) is 0 Å². The van der Waals surface area contributed by atoms with E-state index in [9.17, 15) is 13.2 Å². The summed E-state index contributed by atoms with van der Waals surface area (Å²) in [5.74, 6) is -0.963. The lowest BCUT2D eigenvalue weighted by Gasteiger charge is -2.30. The largest absolute Gasteiger partial charge is 0.369 e. The van der Waals surface area contributed by atoms with Gasteiger partial charge in [-0.1, -0.05) is 29.3 Å². The molecule has 1 atom stereocenters. The van der Waals surface area contributed by atoms with Gasteiger partial charge in [-0.2, -0.15) is 4.31 Å². The molecule has 0 unspecified atom stereocenters. The molecule has 1 aromatic rings. The third kappa shape index (κ3) is 2.93. The van der Waals surface area contributed by atoms with Gasteiger partial charge in [0.25, 0.3) is 0 Å². The Morgan fingerprint density at radius 2 is 1.90 bits per heavy atom. The van der Waals surface area contributed by atoms with Crippen LogP contribution < -0.4 is 5.73 Å². The quantitative estimate of drug-likeness (QED) is 0.914. The number of piperidine rings is 1. The maximum atomic E-state index is 12.6. The van der Waals surface area contributed by atoms with E-state index in [0.717, 1.165) is 0 Å². The SMILES string of the molecule is NC(=O)[C@@H]1CCCN(S(=O)(=O)c2c(Cl)cccc2Cl)C1. The minimum Gasteiger partial charge on any atom is -0.369 e. The molecule has 0 spiro atoms. The minimum atomic E-state index is -3.83. The molecule has 2 rings (SSSR count). The fourth-order valence-corrected chi connectivity index (χ4v) is 4.87. The number of nitrogens with zero attached hydrogens (tertiary/aromatic N) is 1. The van der Waals surface area contributed by atoms with Crippen molar-refractivity contribution < 1.29 is 13.2 Å². The number of carbonyl (C=O) groups is 1. The molecule has 8 heteroatoms. The molecular weight excluding hydrogens is 323 g/mol. The van der Waals surface area contributed by atoms with E-state index in [1.807, 2.05) is 0 Å². The number of primary amides is 1. The molecule has 1 heterocycles. The van der Waals surface area contributed by atoms with E-state index in [0.29, 0.717) is 19.4 Å². The molecule has 5 nitrogen and oxygen atoms in total. The smallest absolute Gasteiger partial charge is 0.246 e. The van der Waals surface area contributed by atoms with Crippen LogP contribution in [-0.4, -0.2) is 31.7 Å². The van der Waals surface area contributed by atoms with Crippen LogP contribution in [0.15, 0.2) is 23.1 Å². The van der Waals surface area contributed by atoms with Gasteiger partial charge in [-0.25, -0.2) is 8.42 Å². The number of amides is 1. The number of hydrogen-bond acceptors (Lipinski definition) is 3. The van der Waals surface area contributed by atoms with E-state index in [1.54, 1.807) is 6.07 Å². The highest BCUT2D eigenvalue weighted by Crippen LogP contribution is 2.33. The van der Waals surface area contributed by atoms with E-state index in [1.165, 1.54) is 16.4 Å². The van der Waals surface area contributed by atoms with Crippen molar-refractivity contribution >= 4 is 39.1 Å². The highest BCUT2D eigenvalue weighted by Gasteiger charge is 2.34. The summed E-state index contributed by atoms with van der Waals surface area (Å²) in [6.45, 7) is 0.396. The van der Waals surface area contributed by atoms with Gasteiger partial charge in [0, 0.05) is 13.1 Å². The standard InChI is InChI=1S/C12H14Cl2N2O3S/c13-9-4-1-5-10(14)11(9)20(18,19)16-6-2-3-8(7-16)12(15)17/h1,4-5,8H,2-3,6-7H2,(H2,15,17)/t8-/m1/s1. The summed E-state index contributed by atoms with van der Waals surface area (Å²) < 4.78 is 26.4. The fraction of sp³-hybridized carbons (Fsp3) is 0.417. The van der Waals surface area contributed by atoms with Crippen LogP contribution in [0.25, 0.3) is 0 Å².